The first-order chi connectivity index (χ1) is 8.09. The Morgan fingerprint density at radius 3 is 2.88 bits per heavy atom. The van der Waals surface area contributed by atoms with Crippen LogP contribution in [0.25, 0.3) is 11.3 Å². The Balaban J connectivity index is 2.62. The number of rotatable bonds is 2. The van der Waals surface area contributed by atoms with Crippen molar-refractivity contribution in [3.8, 4) is 11.3 Å². The number of hydrogen-bond donors (Lipinski definition) is 2. The van der Waals surface area contributed by atoms with E-state index in [-0.39, 0.29) is 5.56 Å². The van der Waals surface area contributed by atoms with E-state index in [4.69, 9.17) is 5.11 Å². The molecule has 0 fully saturated rings. The number of nitrogens with zero attached hydrogens (tertiary/aromatic N) is 2. The molecule has 17 heavy (non-hydrogen) atoms. The topological polar surface area (TPSA) is 95.9 Å². The molecule has 6 nitrogen and oxygen atoms in total. The summed E-state index contributed by atoms with van der Waals surface area (Å²) in [7, 11) is 0. The third kappa shape index (κ3) is 2.05. The number of aromatic nitrogens is 3. The average Bonchev–Trinajstić information content (AvgIpc) is 2.30. The molecule has 6 heteroatoms. The highest BCUT2D eigenvalue weighted by atomic mass is 16.4. The number of aromatic amines is 1. The van der Waals surface area contributed by atoms with E-state index in [0.717, 1.165) is 11.1 Å². The van der Waals surface area contributed by atoms with Crippen LogP contribution in [0.3, 0.4) is 0 Å². The summed E-state index contributed by atoms with van der Waals surface area (Å²) < 4.78 is 0. The molecule has 0 atom stereocenters. The molecule has 0 unspecified atom stereocenters. The number of nitrogens with one attached hydrogen (secondary N) is 1. The van der Waals surface area contributed by atoms with E-state index in [1.54, 1.807) is 18.5 Å². The molecular formula is C11H9N3O3. The fourth-order valence-corrected chi connectivity index (χ4v) is 1.46. The number of carboxylic acid groups (broad SMARTS) is 1. The van der Waals surface area contributed by atoms with Gasteiger partial charge in [0.25, 0.3) is 5.56 Å². The quantitative estimate of drug-likeness (QED) is 0.798. The molecule has 2 heterocycles. The van der Waals surface area contributed by atoms with Crippen LogP contribution >= 0.6 is 0 Å². The minimum atomic E-state index is -1.28. The maximum absolute atomic E-state index is 11.2. The second kappa shape index (κ2) is 4.17. The van der Waals surface area contributed by atoms with Crippen molar-refractivity contribution in [1.82, 2.24) is 15.2 Å². The van der Waals surface area contributed by atoms with Gasteiger partial charge in [-0.25, -0.2) is 9.89 Å². The third-order valence-electron chi connectivity index (χ3n) is 2.33. The normalized spacial score (nSPS) is 10.2. The van der Waals surface area contributed by atoms with Gasteiger partial charge in [0.15, 0.2) is 0 Å². The predicted molar refractivity (Wildman–Crippen MR) is 59.8 cm³/mol. The van der Waals surface area contributed by atoms with Crippen molar-refractivity contribution in [1.29, 1.82) is 0 Å². The number of hydrogen-bond acceptors (Lipinski definition) is 4. The molecule has 0 radical (unpaired) electrons. The summed E-state index contributed by atoms with van der Waals surface area (Å²) in [6.07, 6.45) is 3.22. The molecular weight excluding hydrogens is 222 g/mol. The minimum absolute atomic E-state index is 0.328. The molecule has 2 aromatic rings. The Kier molecular flexibility index (Phi) is 2.70. The molecule has 0 aliphatic rings. The van der Waals surface area contributed by atoms with Crippen LogP contribution in [0.4, 0.5) is 0 Å². The van der Waals surface area contributed by atoms with Crippen LogP contribution in [0.2, 0.25) is 0 Å². The Bertz CT molecular complexity index is 634. The number of pyridine rings is 1. The van der Waals surface area contributed by atoms with Gasteiger partial charge in [-0.05, 0) is 24.6 Å². The minimum Gasteiger partial charge on any atom is -0.477 e. The molecule has 0 spiro atoms. The lowest BCUT2D eigenvalue weighted by Crippen LogP contribution is -2.18. The van der Waals surface area contributed by atoms with E-state index in [0.29, 0.717) is 5.69 Å². The predicted octanol–water partition coefficient (Wildman–Crippen LogP) is 0.839. The molecule has 0 saturated carbocycles. The highest BCUT2D eigenvalue weighted by molar-refractivity contribution is 5.88. The summed E-state index contributed by atoms with van der Waals surface area (Å²) >= 11 is 0. The van der Waals surface area contributed by atoms with Gasteiger partial charge in [0.05, 0.1) is 5.69 Å². The Morgan fingerprint density at radius 2 is 2.24 bits per heavy atom. The zero-order valence-electron chi connectivity index (χ0n) is 8.97. The number of H-pyrrole nitrogens is 1. The smallest absolute Gasteiger partial charge is 0.341 e. The molecule has 0 aromatic carbocycles. The van der Waals surface area contributed by atoms with E-state index >= 15 is 0 Å². The highest BCUT2D eigenvalue weighted by Crippen LogP contribution is 2.19. The summed E-state index contributed by atoms with van der Waals surface area (Å²) in [5.41, 5.74) is 0.947. The average molecular weight is 231 g/mol. The summed E-state index contributed by atoms with van der Waals surface area (Å²) in [5, 5.41) is 14.8. The molecule has 0 saturated heterocycles. The van der Waals surface area contributed by atoms with Crippen molar-refractivity contribution >= 4 is 5.97 Å². The van der Waals surface area contributed by atoms with Crippen molar-refractivity contribution in [2.45, 2.75) is 6.92 Å². The number of aryl methyl sites for hydroxylation is 1. The maximum Gasteiger partial charge on any atom is 0.341 e. The lowest BCUT2D eigenvalue weighted by atomic mass is 10.1. The molecule has 86 valence electrons. The number of carboxylic acids is 1. The first-order valence-electron chi connectivity index (χ1n) is 4.83. The lowest BCUT2D eigenvalue weighted by Gasteiger charge is -2.03. The first kappa shape index (κ1) is 11.0. The molecule has 2 aromatic heterocycles. The van der Waals surface area contributed by atoms with E-state index in [2.05, 4.69) is 15.2 Å². The third-order valence-corrected chi connectivity index (χ3v) is 2.33. The van der Waals surface area contributed by atoms with Crippen LogP contribution in [0.5, 0.6) is 0 Å². The number of aromatic carboxylic acids is 1. The number of carbonyl (C=O) groups is 1. The Labute approximate surface area is 96.0 Å². The molecule has 0 aliphatic carbocycles. The maximum atomic E-state index is 11.2. The van der Waals surface area contributed by atoms with Gasteiger partial charge in [-0.3, -0.25) is 9.78 Å². The van der Waals surface area contributed by atoms with E-state index < -0.39 is 11.5 Å². The Hall–Kier alpha value is -2.50. The van der Waals surface area contributed by atoms with Gasteiger partial charge >= 0.3 is 5.97 Å². The largest absolute Gasteiger partial charge is 0.477 e. The van der Waals surface area contributed by atoms with E-state index in [9.17, 15) is 9.59 Å². The fraction of sp³-hybridized carbons (Fsp3) is 0.0909. The van der Waals surface area contributed by atoms with Gasteiger partial charge in [0, 0.05) is 18.0 Å². The highest BCUT2D eigenvalue weighted by Gasteiger charge is 2.12. The van der Waals surface area contributed by atoms with Crippen LogP contribution < -0.4 is 5.56 Å². The molecule has 2 N–H and O–H groups in total. The van der Waals surface area contributed by atoms with Gasteiger partial charge < -0.3 is 5.11 Å². The van der Waals surface area contributed by atoms with Crippen molar-refractivity contribution < 1.29 is 9.90 Å². The van der Waals surface area contributed by atoms with Gasteiger partial charge in [-0.2, -0.15) is 5.10 Å². The molecule has 0 amide bonds. The van der Waals surface area contributed by atoms with Gasteiger partial charge in [-0.1, -0.05) is 0 Å². The Morgan fingerprint density at radius 1 is 1.47 bits per heavy atom. The molecule has 2 rings (SSSR count). The summed E-state index contributed by atoms with van der Waals surface area (Å²) in [5.74, 6) is -1.28. The summed E-state index contributed by atoms with van der Waals surface area (Å²) in [4.78, 5) is 26.0. The second-order valence-corrected chi connectivity index (χ2v) is 3.49. The van der Waals surface area contributed by atoms with Gasteiger partial charge in [0.2, 0.25) is 0 Å². The SMILES string of the molecule is Cc1cnccc1-c1cc(C(=O)O)c(=O)[nH]n1. The van der Waals surface area contributed by atoms with Gasteiger partial charge in [-0.15, -0.1) is 0 Å². The van der Waals surface area contributed by atoms with Crippen molar-refractivity contribution in [2.24, 2.45) is 0 Å². The van der Waals surface area contributed by atoms with Crippen LogP contribution in [0, 0.1) is 6.92 Å². The van der Waals surface area contributed by atoms with Crippen LogP contribution in [0.15, 0.2) is 29.3 Å². The standard InChI is InChI=1S/C11H9N3O3/c1-6-5-12-3-2-7(6)9-4-8(11(16)17)10(15)14-13-9/h2-5H,1H3,(H,14,15)(H,16,17). The molecule has 0 bridgehead atoms. The van der Waals surface area contributed by atoms with Crippen LogP contribution in [-0.4, -0.2) is 26.3 Å². The molecule has 0 aliphatic heterocycles. The zero-order valence-corrected chi connectivity index (χ0v) is 8.97. The first-order valence-corrected chi connectivity index (χ1v) is 4.83. The second-order valence-electron chi connectivity index (χ2n) is 3.49. The van der Waals surface area contributed by atoms with Crippen molar-refractivity contribution in [3.05, 3.63) is 46.0 Å². The monoisotopic (exact) mass is 231 g/mol. The van der Waals surface area contributed by atoms with Crippen LogP contribution in [0.1, 0.15) is 15.9 Å². The van der Waals surface area contributed by atoms with Crippen molar-refractivity contribution in [2.75, 3.05) is 0 Å². The fourth-order valence-electron chi connectivity index (χ4n) is 1.46. The van der Waals surface area contributed by atoms with Crippen molar-refractivity contribution in [3.63, 3.8) is 0 Å². The summed E-state index contributed by atoms with van der Waals surface area (Å²) in [6.45, 7) is 1.83. The van der Waals surface area contributed by atoms with Gasteiger partial charge in [0.1, 0.15) is 5.56 Å². The summed E-state index contributed by atoms with van der Waals surface area (Å²) in [6, 6.07) is 2.96. The van der Waals surface area contributed by atoms with E-state index in [1.807, 2.05) is 6.92 Å². The lowest BCUT2D eigenvalue weighted by molar-refractivity contribution is 0.0694. The van der Waals surface area contributed by atoms with E-state index in [1.165, 1.54) is 6.07 Å². The van der Waals surface area contributed by atoms with Crippen LogP contribution in [-0.2, 0) is 0 Å². The zero-order chi connectivity index (χ0) is 12.4.